The smallest absolute Gasteiger partial charge is 0.230 e. The maximum absolute atomic E-state index is 12.6. The molecule has 3 rings (SSSR count). The van der Waals surface area contributed by atoms with Crippen LogP contribution in [0.4, 0.5) is 0 Å². The largest absolute Gasteiger partial charge is 0.497 e. The Bertz CT molecular complexity index is 1140. The van der Waals surface area contributed by atoms with Crippen molar-refractivity contribution in [2.45, 2.75) is 50.9 Å². The predicted molar refractivity (Wildman–Crippen MR) is 136 cm³/mol. The SMILES string of the molecule is COc1ccc(OC)c(C(C)NC(=O)CSc2nnc(COc3ccc(C(C)(C)C)cc3)n2N)c1. The number of nitrogens with two attached hydrogens (primary N) is 1. The Hall–Kier alpha value is -3.40. The number of hydrogen-bond acceptors (Lipinski definition) is 8. The standard InChI is InChI=1S/C25H33N5O4S/c1-16(20-13-19(32-5)11-12-21(20)33-6)27-23(31)15-35-24-29-28-22(30(24)26)14-34-18-9-7-17(8-10-18)25(2,3)4/h7-13,16H,14-15,26H2,1-6H3,(H,27,31). The van der Waals surface area contributed by atoms with E-state index in [1.165, 1.54) is 22.0 Å². The minimum absolute atomic E-state index is 0.0756. The summed E-state index contributed by atoms with van der Waals surface area (Å²) in [5.41, 5.74) is 2.12. The van der Waals surface area contributed by atoms with E-state index in [1.807, 2.05) is 49.4 Å². The zero-order valence-electron chi connectivity index (χ0n) is 21.0. The molecule has 0 fully saturated rings. The molecular weight excluding hydrogens is 466 g/mol. The summed E-state index contributed by atoms with van der Waals surface area (Å²) in [4.78, 5) is 12.6. The van der Waals surface area contributed by atoms with E-state index in [1.54, 1.807) is 14.2 Å². The number of ether oxygens (including phenoxy) is 3. The highest BCUT2D eigenvalue weighted by atomic mass is 32.2. The normalized spacial score (nSPS) is 12.2. The van der Waals surface area contributed by atoms with Crippen molar-refractivity contribution in [3.05, 3.63) is 59.4 Å². The van der Waals surface area contributed by atoms with Crippen molar-refractivity contribution in [2.24, 2.45) is 0 Å². The number of amides is 1. The number of hydrogen-bond donors (Lipinski definition) is 2. The molecule has 9 nitrogen and oxygen atoms in total. The van der Waals surface area contributed by atoms with Crippen LogP contribution < -0.4 is 25.4 Å². The third kappa shape index (κ3) is 6.82. The number of rotatable bonds is 10. The van der Waals surface area contributed by atoms with E-state index in [-0.39, 0.29) is 29.7 Å². The van der Waals surface area contributed by atoms with Crippen molar-refractivity contribution in [1.29, 1.82) is 0 Å². The van der Waals surface area contributed by atoms with Crippen LogP contribution in [-0.2, 0) is 16.8 Å². The van der Waals surface area contributed by atoms with Crippen molar-refractivity contribution >= 4 is 17.7 Å². The Balaban J connectivity index is 1.54. The van der Waals surface area contributed by atoms with Gasteiger partial charge in [0.1, 0.15) is 23.9 Å². The van der Waals surface area contributed by atoms with Crippen LogP contribution in [0.2, 0.25) is 0 Å². The molecular formula is C25H33N5O4S. The van der Waals surface area contributed by atoms with E-state index in [0.717, 1.165) is 11.3 Å². The monoisotopic (exact) mass is 499 g/mol. The molecule has 0 saturated heterocycles. The number of nitrogen functional groups attached to an aromatic ring is 1. The molecule has 2 aromatic carbocycles. The second kappa shape index (κ2) is 11.4. The van der Waals surface area contributed by atoms with Gasteiger partial charge in [0.2, 0.25) is 11.1 Å². The third-order valence-electron chi connectivity index (χ3n) is 5.44. The lowest BCUT2D eigenvalue weighted by atomic mass is 9.87. The summed E-state index contributed by atoms with van der Waals surface area (Å²) in [6.07, 6.45) is 0. The number of aromatic nitrogens is 3. The van der Waals surface area contributed by atoms with Gasteiger partial charge >= 0.3 is 0 Å². The maximum atomic E-state index is 12.6. The van der Waals surface area contributed by atoms with Gasteiger partial charge in [0, 0.05) is 5.56 Å². The minimum atomic E-state index is -0.280. The molecule has 0 saturated carbocycles. The van der Waals surface area contributed by atoms with Crippen LogP contribution in [0.25, 0.3) is 0 Å². The molecule has 0 aliphatic rings. The summed E-state index contributed by atoms with van der Waals surface area (Å²) < 4.78 is 17.8. The third-order valence-corrected chi connectivity index (χ3v) is 6.38. The molecule has 10 heteroatoms. The highest BCUT2D eigenvalue weighted by Gasteiger charge is 2.18. The molecule has 35 heavy (non-hydrogen) atoms. The minimum Gasteiger partial charge on any atom is -0.497 e. The Kier molecular flexibility index (Phi) is 8.50. The Morgan fingerprint density at radius 2 is 1.77 bits per heavy atom. The molecule has 0 spiro atoms. The second-order valence-corrected chi connectivity index (χ2v) is 9.96. The van der Waals surface area contributed by atoms with Crippen LogP contribution in [0, 0.1) is 0 Å². The lowest BCUT2D eigenvalue weighted by molar-refractivity contribution is -0.119. The fraction of sp³-hybridized carbons (Fsp3) is 0.400. The molecule has 1 amide bonds. The Labute approximate surface area is 210 Å². The van der Waals surface area contributed by atoms with Crippen LogP contribution in [0.5, 0.6) is 17.2 Å². The molecule has 0 aliphatic heterocycles. The highest BCUT2D eigenvalue weighted by Crippen LogP contribution is 2.29. The lowest BCUT2D eigenvalue weighted by Crippen LogP contribution is -2.28. The zero-order valence-corrected chi connectivity index (χ0v) is 21.8. The molecule has 3 aromatic rings. The van der Waals surface area contributed by atoms with E-state index in [4.69, 9.17) is 20.1 Å². The average molecular weight is 500 g/mol. The van der Waals surface area contributed by atoms with Crippen molar-refractivity contribution in [3.63, 3.8) is 0 Å². The van der Waals surface area contributed by atoms with Crippen LogP contribution in [0.1, 0.15) is 50.7 Å². The van der Waals surface area contributed by atoms with E-state index >= 15 is 0 Å². The quantitative estimate of drug-likeness (QED) is 0.319. The predicted octanol–water partition coefficient (Wildman–Crippen LogP) is 3.86. The average Bonchev–Trinajstić information content (AvgIpc) is 3.19. The van der Waals surface area contributed by atoms with Gasteiger partial charge < -0.3 is 25.4 Å². The number of carbonyl (C=O) groups is 1. The Morgan fingerprint density at radius 1 is 1.09 bits per heavy atom. The molecule has 0 bridgehead atoms. The molecule has 188 valence electrons. The first kappa shape index (κ1) is 26.2. The molecule has 0 aliphatic carbocycles. The van der Waals surface area contributed by atoms with Gasteiger partial charge in [0.15, 0.2) is 5.82 Å². The number of methoxy groups -OCH3 is 2. The summed E-state index contributed by atoms with van der Waals surface area (Å²) in [7, 11) is 3.18. The van der Waals surface area contributed by atoms with E-state index in [0.29, 0.717) is 22.5 Å². The number of nitrogens with one attached hydrogen (secondary N) is 1. The summed E-state index contributed by atoms with van der Waals surface area (Å²) in [6, 6.07) is 13.1. The van der Waals surface area contributed by atoms with Gasteiger partial charge in [0.05, 0.1) is 26.0 Å². The van der Waals surface area contributed by atoms with Gasteiger partial charge in [-0.2, -0.15) is 0 Å². The van der Waals surface area contributed by atoms with Crippen LogP contribution >= 0.6 is 11.8 Å². The van der Waals surface area contributed by atoms with Gasteiger partial charge in [-0.3, -0.25) is 4.79 Å². The van der Waals surface area contributed by atoms with Crippen molar-refractivity contribution in [3.8, 4) is 17.2 Å². The molecule has 1 atom stereocenters. The van der Waals surface area contributed by atoms with E-state index < -0.39 is 0 Å². The van der Waals surface area contributed by atoms with Crippen molar-refractivity contribution in [1.82, 2.24) is 20.2 Å². The molecule has 1 unspecified atom stereocenters. The summed E-state index contributed by atoms with van der Waals surface area (Å²) >= 11 is 1.20. The summed E-state index contributed by atoms with van der Waals surface area (Å²) in [6.45, 7) is 8.53. The van der Waals surface area contributed by atoms with Crippen LogP contribution in [0.15, 0.2) is 47.6 Å². The molecule has 1 heterocycles. The number of carbonyl (C=O) groups excluding carboxylic acids is 1. The first-order valence-corrected chi connectivity index (χ1v) is 12.2. The van der Waals surface area contributed by atoms with Crippen LogP contribution in [0.3, 0.4) is 0 Å². The van der Waals surface area contributed by atoms with Crippen LogP contribution in [-0.4, -0.2) is 40.8 Å². The first-order chi connectivity index (χ1) is 16.6. The molecule has 0 radical (unpaired) electrons. The number of nitrogens with zero attached hydrogens (tertiary/aromatic N) is 3. The second-order valence-electron chi connectivity index (χ2n) is 9.02. The van der Waals surface area contributed by atoms with Gasteiger partial charge in [-0.15, -0.1) is 10.2 Å². The summed E-state index contributed by atoms with van der Waals surface area (Å²) in [5, 5.41) is 11.6. The molecule has 1 aromatic heterocycles. The zero-order chi connectivity index (χ0) is 25.6. The number of thioether (sulfide) groups is 1. The van der Waals surface area contributed by atoms with Gasteiger partial charge in [-0.1, -0.05) is 44.7 Å². The van der Waals surface area contributed by atoms with Crippen molar-refractivity contribution in [2.75, 3.05) is 25.8 Å². The van der Waals surface area contributed by atoms with Crippen molar-refractivity contribution < 1.29 is 19.0 Å². The fourth-order valence-corrected chi connectivity index (χ4v) is 4.06. The Morgan fingerprint density at radius 3 is 2.40 bits per heavy atom. The lowest BCUT2D eigenvalue weighted by Gasteiger charge is -2.19. The van der Waals surface area contributed by atoms with E-state index in [2.05, 4.69) is 36.3 Å². The maximum Gasteiger partial charge on any atom is 0.230 e. The topological polar surface area (TPSA) is 114 Å². The summed E-state index contributed by atoms with van der Waals surface area (Å²) in [5.74, 6) is 8.62. The van der Waals surface area contributed by atoms with E-state index in [9.17, 15) is 4.79 Å². The first-order valence-electron chi connectivity index (χ1n) is 11.2. The molecule has 3 N–H and O–H groups in total. The van der Waals surface area contributed by atoms with Gasteiger partial charge in [-0.25, -0.2) is 4.68 Å². The fourth-order valence-electron chi connectivity index (χ4n) is 3.37. The van der Waals surface area contributed by atoms with Gasteiger partial charge in [0.25, 0.3) is 0 Å². The number of benzene rings is 2. The highest BCUT2D eigenvalue weighted by molar-refractivity contribution is 7.99. The van der Waals surface area contributed by atoms with Gasteiger partial charge in [-0.05, 0) is 48.2 Å².